The van der Waals surface area contributed by atoms with Crippen molar-refractivity contribution in [2.24, 2.45) is 0 Å². The molecule has 0 unspecified atom stereocenters. The molecule has 0 aliphatic rings. The molecule has 0 aliphatic heterocycles. The van der Waals surface area contributed by atoms with Crippen molar-refractivity contribution in [2.45, 2.75) is 24.2 Å². The molecule has 0 saturated carbocycles. The zero-order valence-electron chi connectivity index (χ0n) is 4.91. The Morgan fingerprint density at radius 2 is 2.43 bits per heavy atom. The summed E-state index contributed by atoms with van der Waals surface area (Å²) in [5, 5.41) is 0. The van der Waals surface area contributed by atoms with Gasteiger partial charge in [0.1, 0.15) is 0 Å². The van der Waals surface area contributed by atoms with E-state index in [9.17, 15) is 0 Å². The molecule has 0 amide bonds. The van der Waals surface area contributed by atoms with E-state index in [2.05, 4.69) is 17.6 Å². The summed E-state index contributed by atoms with van der Waals surface area (Å²) in [6, 6.07) is 0. The van der Waals surface area contributed by atoms with Gasteiger partial charge in [0.25, 0.3) is 0 Å². The molecule has 0 aromatic carbocycles. The average molecular weight is 203 g/mol. The average Bonchev–Trinajstić information content (AvgIpc) is 1.69. The second-order valence-electron chi connectivity index (χ2n) is 1.51. The van der Waals surface area contributed by atoms with Crippen LogP contribution in [0.1, 0.15) is 19.8 Å². The first-order valence-electron chi connectivity index (χ1n) is 2.76. The zero-order valence-corrected chi connectivity index (χ0v) is 7.76. The molecule has 0 heterocycles. The van der Waals surface area contributed by atoms with Crippen molar-refractivity contribution in [1.29, 1.82) is 0 Å². The second kappa shape index (κ2) is 6.54. The van der Waals surface area contributed by atoms with Crippen LogP contribution in [0.5, 0.6) is 0 Å². The number of hydrogen-bond acceptors (Lipinski definition) is 0. The van der Waals surface area contributed by atoms with Gasteiger partial charge in [-0.1, -0.05) is 0 Å². The first-order valence-corrected chi connectivity index (χ1v) is 6.42. The second-order valence-corrected chi connectivity index (χ2v) is 5.27. The molecule has 0 N–H and O–H groups in total. The van der Waals surface area contributed by atoms with Crippen LogP contribution in [0.15, 0.2) is 10.7 Å². The molecule has 0 fully saturated rings. The van der Waals surface area contributed by atoms with Crippen molar-refractivity contribution in [3.05, 3.63) is 10.7 Å². The Kier molecular flexibility index (Phi) is 7.04. The number of rotatable bonds is 4. The zero-order chi connectivity index (χ0) is 5.54. The summed E-state index contributed by atoms with van der Waals surface area (Å²) in [5.41, 5.74) is 0. The van der Waals surface area contributed by atoms with Crippen LogP contribution in [0.3, 0.4) is 0 Å². The van der Waals surface area contributed by atoms with Gasteiger partial charge >= 0.3 is 56.0 Å². The Morgan fingerprint density at radius 3 is 2.86 bits per heavy atom. The molecular formula is C6H12Sn+2. The topological polar surface area (TPSA) is 0 Å². The molecule has 38 valence electrons. The predicted octanol–water partition coefficient (Wildman–Crippen LogP) is 2.05. The molecule has 0 radical (unpaired) electrons. The van der Waals surface area contributed by atoms with E-state index in [-0.39, 0.29) is 21.1 Å². The Balaban J connectivity index is 2.56. The quantitative estimate of drug-likeness (QED) is 0.484. The molecule has 0 aromatic heterocycles. The molecule has 0 aromatic rings. The third-order valence-corrected chi connectivity index (χ3v) is 3.48. The van der Waals surface area contributed by atoms with E-state index < -0.39 is 0 Å². The van der Waals surface area contributed by atoms with E-state index in [1.54, 1.807) is 0 Å². The maximum atomic E-state index is 3.71. The van der Waals surface area contributed by atoms with Gasteiger partial charge in [0.2, 0.25) is 0 Å². The molecule has 0 atom stereocenters. The van der Waals surface area contributed by atoms with Gasteiger partial charge in [-0.25, -0.2) is 0 Å². The van der Waals surface area contributed by atoms with Gasteiger partial charge < -0.3 is 0 Å². The molecule has 0 nitrogen and oxygen atoms in total. The third kappa shape index (κ3) is 6.54. The van der Waals surface area contributed by atoms with Gasteiger partial charge in [-0.3, -0.25) is 0 Å². The van der Waals surface area contributed by atoms with E-state index >= 15 is 0 Å². The standard InChI is InChI=1S/C4H9.C2H3.Sn/c1-3-4-2;1-2;/h1,3-4H2,2H3;1H,2H2;/q;;+2. The molecule has 7 heavy (non-hydrogen) atoms. The Morgan fingerprint density at radius 1 is 1.71 bits per heavy atom. The van der Waals surface area contributed by atoms with Crippen LogP contribution < -0.4 is 0 Å². The maximum absolute atomic E-state index is 3.71. The Hall–Kier alpha value is 0.539. The van der Waals surface area contributed by atoms with Crippen LogP contribution in [0.2, 0.25) is 4.44 Å². The fraction of sp³-hybridized carbons (Fsp3) is 0.667. The van der Waals surface area contributed by atoms with Crippen molar-refractivity contribution < 1.29 is 0 Å². The molecular weight excluding hydrogens is 191 g/mol. The first kappa shape index (κ1) is 7.54. The van der Waals surface area contributed by atoms with Gasteiger partial charge in [0, 0.05) is 0 Å². The molecule has 0 aliphatic carbocycles. The molecule has 0 saturated heterocycles. The van der Waals surface area contributed by atoms with Gasteiger partial charge in [0.05, 0.1) is 0 Å². The van der Waals surface area contributed by atoms with Gasteiger partial charge in [0.15, 0.2) is 0 Å². The molecule has 0 rings (SSSR count). The van der Waals surface area contributed by atoms with Crippen LogP contribution in [-0.4, -0.2) is 21.1 Å². The number of hydrogen-bond donors (Lipinski definition) is 0. The number of unbranched alkanes of at least 4 members (excludes halogenated alkanes) is 1. The molecule has 0 bridgehead atoms. The summed E-state index contributed by atoms with van der Waals surface area (Å²) in [5.74, 6) is 0. The van der Waals surface area contributed by atoms with Crippen molar-refractivity contribution in [3.8, 4) is 0 Å². The normalized spacial score (nSPS) is 7.57. The molecule has 0 spiro atoms. The van der Waals surface area contributed by atoms with Gasteiger partial charge in [-0.15, -0.1) is 0 Å². The summed E-state index contributed by atoms with van der Waals surface area (Å²) in [4.78, 5) is 0. The van der Waals surface area contributed by atoms with Crippen LogP contribution in [0.25, 0.3) is 0 Å². The van der Waals surface area contributed by atoms with E-state index in [4.69, 9.17) is 0 Å². The summed E-state index contributed by atoms with van der Waals surface area (Å²) < 4.78 is 3.64. The monoisotopic (exact) mass is 204 g/mol. The van der Waals surface area contributed by atoms with Gasteiger partial charge in [-0.2, -0.15) is 0 Å². The van der Waals surface area contributed by atoms with Crippen molar-refractivity contribution in [1.82, 2.24) is 0 Å². The summed E-state index contributed by atoms with van der Waals surface area (Å²) in [7, 11) is 0. The predicted molar refractivity (Wildman–Crippen MR) is 35.7 cm³/mol. The minimum absolute atomic E-state index is 0.0525. The summed E-state index contributed by atoms with van der Waals surface area (Å²) >= 11 is -0.0525. The SMILES string of the molecule is C=[CH][Sn+2][CH2]CCC. The Labute approximate surface area is 56.2 Å². The summed E-state index contributed by atoms with van der Waals surface area (Å²) in [6.45, 7) is 5.95. The van der Waals surface area contributed by atoms with Crippen molar-refractivity contribution >= 4 is 21.1 Å². The van der Waals surface area contributed by atoms with Crippen LogP contribution in [-0.2, 0) is 0 Å². The minimum atomic E-state index is -0.0525. The Bertz CT molecular complexity index is 41.4. The first-order chi connectivity index (χ1) is 3.41. The third-order valence-electron chi connectivity index (χ3n) is 0.819. The van der Waals surface area contributed by atoms with Crippen LogP contribution >= 0.6 is 0 Å². The summed E-state index contributed by atoms with van der Waals surface area (Å²) in [6.07, 6.45) is 2.78. The van der Waals surface area contributed by atoms with Crippen LogP contribution in [0.4, 0.5) is 0 Å². The molecule has 1 heteroatoms. The van der Waals surface area contributed by atoms with Crippen molar-refractivity contribution in [3.63, 3.8) is 0 Å². The van der Waals surface area contributed by atoms with E-state index in [0.29, 0.717) is 0 Å². The van der Waals surface area contributed by atoms with E-state index in [1.807, 2.05) is 0 Å². The van der Waals surface area contributed by atoms with E-state index in [0.717, 1.165) is 0 Å². The van der Waals surface area contributed by atoms with Gasteiger partial charge in [-0.05, 0) is 0 Å². The van der Waals surface area contributed by atoms with E-state index in [1.165, 1.54) is 17.3 Å². The fourth-order valence-electron chi connectivity index (χ4n) is 0.381. The van der Waals surface area contributed by atoms with Crippen LogP contribution in [0, 0.1) is 0 Å². The van der Waals surface area contributed by atoms with Crippen molar-refractivity contribution in [2.75, 3.05) is 0 Å². The fourth-order valence-corrected chi connectivity index (χ4v) is 2.56.